The van der Waals surface area contributed by atoms with Gasteiger partial charge in [0.15, 0.2) is 21.4 Å². The van der Waals surface area contributed by atoms with Gasteiger partial charge in [-0.3, -0.25) is 4.79 Å². The van der Waals surface area contributed by atoms with Gasteiger partial charge in [-0.15, -0.1) is 5.10 Å². The Morgan fingerprint density at radius 1 is 1.36 bits per heavy atom. The highest BCUT2D eigenvalue weighted by molar-refractivity contribution is 7.91. The van der Waals surface area contributed by atoms with Crippen molar-refractivity contribution in [2.24, 2.45) is 0 Å². The standard InChI is InChI=1S/C16H19N5O3S/c1-11(22)12-4-3-5-13(8-12)18-15-9-17-20-16(19-15)21(2)14-6-7-25(23,24)10-14/h3-5,8-9,14H,6-7,10H2,1-2H3,(H,18,19,20). The molecule has 9 heteroatoms. The van der Waals surface area contributed by atoms with Gasteiger partial charge in [-0.2, -0.15) is 10.1 Å². The molecule has 3 rings (SSSR count). The number of anilines is 3. The number of aromatic nitrogens is 3. The second-order valence-corrected chi connectivity index (χ2v) is 8.30. The number of ketones is 1. The predicted octanol–water partition coefficient (Wildman–Crippen LogP) is 1.44. The smallest absolute Gasteiger partial charge is 0.247 e. The summed E-state index contributed by atoms with van der Waals surface area (Å²) >= 11 is 0. The monoisotopic (exact) mass is 361 g/mol. The van der Waals surface area contributed by atoms with E-state index in [-0.39, 0.29) is 23.3 Å². The Morgan fingerprint density at radius 3 is 2.84 bits per heavy atom. The number of carbonyl (C=O) groups excluding carboxylic acids is 1. The number of rotatable bonds is 5. The fourth-order valence-electron chi connectivity index (χ4n) is 2.71. The van der Waals surface area contributed by atoms with Gasteiger partial charge in [0.05, 0.1) is 17.7 Å². The van der Waals surface area contributed by atoms with E-state index in [1.165, 1.54) is 13.1 Å². The maximum atomic E-state index is 11.6. The minimum Gasteiger partial charge on any atom is -0.339 e. The Kier molecular flexibility index (Phi) is 4.67. The maximum Gasteiger partial charge on any atom is 0.247 e. The molecule has 1 unspecified atom stereocenters. The molecule has 2 aromatic rings. The van der Waals surface area contributed by atoms with E-state index in [2.05, 4.69) is 20.5 Å². The predicted molar refractivity (Wildman–Crippen MR) is 95.0 cm³/mol. The molecule has 2 heterocycles. The molecule has 0 amide bonds. The third-order valence-corrected chi connectivity index (χ3v) is 5.91. The van der Waals surface area contributed by atoms with E-state index in [0.717, 1.165) is 0 Å². The molecule has 25 heavy (non-hydrogen) atoms. The molecule has 1 aromatic heterocycles. The highest BCUT2D eigenvalue weighted by Gasteiger charge is 2.31. The SMILES string of the molecule is CC(=O)c1cccc(Nc2cnnc(N(C)C3CCS(=O)(=O)C3)n2)c1. The van der Waals surface area contributed by atoms with E-state index in [9.17, 15) is 13.2 Å². The molecule has 1 aliphatic rings. The van der Waals surface area contributed by atoms with Crippen LogP contribution in [0.15, 0.2) is 30.5 Å². The lowest BCUT2D eigenvalue weighted by atomic mass is 10.1. The Labute approximate surface area is 146 Å². The summed E-state index contributed by atoms with van der Waals surface area (Å²) in [6.45, 7) is 1.51. The molecule has 0 radical (unpaired) electrons. The maximum absolute atomic E-state index is 11.6. The van der Waals surface area contributed by atoms with Crippen LogP contribution in [0.1, 0.15) is 23.7 Å². The highest BCUT2D eigenvalue weighted by atomic mass is 32.2. The molecule has 0 spiro atoms. The quantitative estimate of drug-likeness (QED) is 0.798. The van der Waals surface area contributed by atoms with Crippen LogP contribution in [0.3, 0.4) is 0 Å². The van der Waals surface area contributed by atoms with Gasteiger partial charge >= 0.3 is 0 Å². The van der Waals surface area contributed by atoms with E-state index in [1.54, 1.807) is 30.1 Å². The van der Waals surface area contributed by atoms with Crippen LogP contribution in [0.4, 0.5) is 17.5 Å². The van der Waals surface area contributed by atoms with Gasteiger partial charge in [-0.1, -0.05) is 12.1 Å². The van der Waals surface area contributed by atoms with E-state index in [1.807, 2.05) is 6.07 Å². The van der Waals surface area contributed by atoms with E-state index >= 15 is 0 Å². The zero-order chi connectivity index (χ0) is 18.0. The van der Waals surface area contributed by atoms with Crippen molar-refractivity contribution in [3.05, 3.63) is 36.0 Å². The third-order valence-electron chi connectivity index (χ3n) is 4.16. The molecular weight excluding hydrogens is 342 g/mol. The number of hydrogen-bond donors (Lipinski definition) is 1. The lowest BCUT2D eigenvalue weighted by molar-refractivity contribution is 0.101. The zero-order valence-electron chi connectivity index (χ0n) is 14.0. The third kappa shape index (κ3) is 4.11. The van der Waals surface area contributed by atoms with Crippen molar-refractivity contribution in [2.75, 3.05) is 28.8 Å². The first-order valence-corrected chi connectivity index (χ1v) is 9.67. The van der Waals surface area contributed by atoms with Crippen molar-refractivity contribution in [1.29, 1.82) is 0 Å². The fourth-order valence-corrected chi connectivity index (χ4v) is 4.49. The molecule has 132 valence electrons. The summed E-state index contributed by atoms with van der Waals surface area (Å²) in [6, 6.07) is 6.93. The molecule has 1 atom stereocenters. The van der Waals surface area contributed by atoms with Crippen molar-refractivity contribution in [2.45, 2.75) is 19.4 Å². The van der Waals surface area contributed by atoms with Crippen LogP contribution in [0.2, 0.25) is 0 Å². The molecule has 1 aliphatic heterocycles. The average Bonchev–Trinajstić information content (AvgIpc) is 2.94. The summed E-state index contributed by atoms with van der Waals surface area (Å²) in [6.07, 6.45) is 2.03. The number of carbonyl (C=O) groups is 1. The largest absolute Gasteiger partial charge is 0.339 e. The summed E-state index contributed by atoms with van der Waals surface area (Å²) in [5.41, 5.74) is 1.31. The fraction of sp³-hybridized carbons (Fsp3) is 0.375. The topological polar surface area (TPSA) is 105 Å². The van der Waals surface area contributed by atoms with Gasteiger partial charge in [0.1, 0.15) is 0 Å². The molecule has 0 bridgehead atoms. The van der Waals surface area contributed by atoms with E-state index in [4.69, 9.17) is 0 Å². The second-order valence-electron chi connectivity index (χ2n) is 6.07. The van der Waals surface area contributed by atoms with Crippen LogP contribution < -0.4 is 10.2 Å². The second kappa shape index (κ2) is 6.75. The van der Waals surface area contributed by atoms with Crippen LogP contribution in [-0.2, 0) is 9.84 Å². The summed E-state index contributed by atoms with van der Waals surface area (Å²) in [5.74, 6) is 1.09. The number of benzene rings is 1. The van der Waals surface area contributed by atoms with Crippen LogP contribution in [0.25, 0.3) is 0 Å². The Bertz CT molecular complexity index is 900. The number of sulfone groups is 1. The van der Waals surface area contributed by atoms with Crippen molar-refractivity contribution in [3.63, 3.8) is 0 Å². The van der Waals surface area contributed by atoms with Crippen LogP contribution >= 0.6 is 0 Å². The number of nitrogens with one attached hydrogen (secondary N) is 1. The molecule has 1 fully saturated rings. The van der Waals surface area contributed by atoms with Gasteiger partial charge in [-0.25, -0.2) is 8.42 Å². The minimum absolute atomic E-state index is 0.0210. The van der Waals surface area contributed by atoms with Gasteiger partial charge in [0, 0.05) is 24.3 Å². The average molecular weight is 361 g/mol. The first-order valence-electron chi connectivity index (χ1n) is 7.85. The van der Waals surface area contributed by atoms with Crippen LogP contribution in [0, 0.1) is 0 Å². The highest BCUT2D eigenvalue weighted by Crippen LogP contribution is 2.21. The zero-order valence-corrected chi connectivity index (χ0v) is 14.8. The van der Waals surface area contributed by atoms with E-state index < -0.39 is 9.84 Å². The van der Waals surface area contributed by atoms with Gasteiger partial charge < -0.3 is 10.2 Å². The summed E-state index contributed by atoms with van der Waals surface area (Å²) in [5, 5.41) is 11.0. The minimum atomic E-state index is -2.99. The summed E-state index contributed by atoms with van der Waals surface area (Å²) < 4.78 is 23.3. The lowest BCUT2D eigenvalue weighted by Crippen LogP contribution is -2.34. The van der Waals surface area contributed by atoms with Crippen molar-refractivity contribution in [3.8, 4) is 0 Å². The van der Waals surface area contributed by atoms with Gasteiger partial charge in [-0.05, 0) is 25.5 Å². The van der Waals surface area contributed by atoms with Gasteiger partial charge in [0.25, 0.3) is 0 Å². The molecule has 1 N–H and O–H groups in total. The molecule has 1 saturated heterocycles. The lowest BCUT2D eigenvalue weighted by Gasteiger charge is -2.22. The first kappa shape index (κ1) is 17.3. The summed E-state index contributed by atoms with van der Waals surface area (Å²) in [7, 11) is -1.22. The van der Waals surface area contributed by atoms with Crippen molar-refractivity contribution in [1.82, 2.24) is 15.2 Å². The van der Waals surface area contributed by atoms with Crippen molar-refractivity contribution >= 4 is 33.1 Å². The van der Waals surface area contributed by atoms with Crippen LogP contribution in [0.5, 0.6) is 0 Å². The summed E-state index contributed by atoms with van der Waals surface area (Å²) in [4.78, 5) is 17.6. The van der Waals surface area contributed by atoms with Crippen LogP contribution in [-0.4, -0.2) is 54.0 Å². The molecule has 0 aliphatic carbocycles. The van der Waals surface area contributed by atoms with E-state index in [0.29, 0.717) is 29.4 Å². The Hall–Kier alpha value is -2.55. The normalized spacial score (nSPS) is 18.7. The molecule has 0 saturated carbocycles. The number of hydrogen-bond acceptors (Lipinski definition) is 8. The van der Waals surface area contributed by atoms with Gasteiger partial charge in [0.2, 0.25) is 5.95 Å². The Balaban J connectivity index is 1.78. The number of Topliss-reactive ketones (excluding diaryl/α,β-unsaturated/α-hetero) is 1. The Morgan fingerprint density at radius 2 is 2.16 bits per heavy atom. The molecule has 8 nitrogen and oxygen atoms in total. The molecular formula is C16H19N5O3S. The molecule has 1 aromatic carbocycles. The first-order chi connectivity index (χ1) is 11.8. The van der Waals surface area contributed by atoms with Crippen molar-refractivity contribution < 1.29 is 13.2 Å². The number of nitrogens with zero attached hydrogens (tertiary/aromatic N) is 4.